The summed E-state index contributed by atoms with van der Waals surface area (Å²) in [4.78, 5) is 4.03. The van der Waals surface area contributed by atoms with Gasteiger partial charge in [-0.25, -0.2) is 4.73 Å². The Labute approximate surface area is 83.7 Å². The van der Waals surface area contributed by atoms with Gasteiger partial charge in [0, 0.05) is 0 Å². The summed E-state index contributed by atoms with van der Waals surface area (Å²) in [5.41, 5.74) is 0.659. The zero-order chi connectivity index (χ0) is 9.26. The number of halogens is 1. The number of fused-ring (bicyclic) bond motifs is 1. The first-order valence-corrected chi connectivity index (χ1v) is 4.97. The highest BCUT2D eigenvalue weighted by Crippen LogP contribution is 2.08. The van der Waals surface area contributed by atoms with E-state index < -0.39 is 0 Å². The first-order valence-electron chi connectivity index (χ1n) is 3.85. The third-order valence-corrected chi connectivity index (χ3v) is 2.36. The van der Waals surface area contributed by atoms with Crippen LogP contribution < -0.4 is 4.73 Å². The molecule has 2 aromatic rings. The second-order valence-corrected chi connectivity index (χ2v) is 3.22. The molecule has 0 unspecified atom stereocenters. The molecule has 0 spiro atoms. The van der Waals surface area contributed by atoms with Gasteiger partial charge < -0.3 is 5.21 Å². The van der Waals surface area contributed by atoms with E-state index in [0.29, 0.717) is 16.7 Å². The lowest BCUT2D eigenvalue weighted by Gasteiger charge is -2.06. The molecule has 66 valence electrons. The first-order chi connectivity index (χ1) is 6.33. The third kappa shape index (κ3) is 1.37. The van der Waals surface area contributed by atoms with Gasteiger partial charge in [-0.1, -0.05) is 33.0 Å². The summed E-state index contributed by atoms with van der Waals surface area (Å²) in [5.74, 6) is 0.485. The van der Waals surface area contributed by atoms with E-state index in [1.807, 2.05) is 18.2 Å². The fraction of sp³-hybridized carbons (Fsp3) is 0.111. The van der Waals surface area contributed by atoms with Crippen LogP contribution >= 0.6 is 15.9 Å². The maximum absolute atomic E-state index is 11.6. The van der Waals surface area contributed by atoms with E-state index in [-0.39, 0.29) is 0 Å². The summed E-state index contributed by atoms with van der Waals surface area (Å²) in [7, 11) is 0. The Kier molecular flexibility index (Phi) is 2.14. The fourth-order valence-electron chi connectivity index (χ4n) is 1.21. The van der Waals surface area contributed by atoms with E-state index >= 15 is 0 Å². The molecule has 0 bridgehead atoms. The second kappa shape index (κ2) is 3.30. The number of rotatable bonds is 1. The van der Waals surface area contributed by atoms with Gasteiger partial charge in [0.2, 0.25) is 0 Å². The summed E-state index contributed by atoms with van der Waals surface area (Å²) in [6, 6.07) is 7.39. The Morgan fingerprint density at radius 3 is 2.92 bits per heavy atom. The molecule has 2 rings (SSSR count). The van der Waals surface area contributed by atoms with Crippen LogP contribution in [0.1, 0.15) is 5.82 Å². The third-order valence-electron chi connectivity index (χ3n) is 1.86. The van der Waals surface area contributed by atoms with Crippen LogP contribution in [-0.2, 0) is 5.33 Å². The van der Waals surface area contributed by atoms with Crippen molar-refractivity contribution in [2.75, 3.05) is 0 Å². The Bertz CT molecular complexity index is 445. The van der Waals surface area contributed by atoms with Gasteiger partial charge in [-0.2, -0.15) is 0 Å². The molecule has 3 nitrogen and oxygen atoms in total. The maximum atomic E-state index is 11.6. The lowest BCUT2D eigenvalue weighted by molar-refractivity contribution is -0.588. The minimum absolute atomic E-state index is 0.474. The number of benzene rings is 1. The first kappa shape index (κ1) is 8.44. The summed E-state index contributed by atoms with van der Waals surface area (Å²) in [5, 5.41) is 12.9. The average molecular weight is 239 g/mol. The molecule has 0 radical (unpaired) electrons. The van der Waals surface area contributed by atoms with Gasteiger partial charge in [0.05, 0.1) is 5.39 Å². The molecule has 13 heavy (non-hydrogen) atoms. The van der Waals surface area contributed by atoms with Crippen molar-refractivity contribution >= 4 is 26.8 Å². The minimum atomic E-state index is 0.474. The smallest absolute Gasteiger partial charge is 0.312 e. The van der Waals surface area contributed by atoms with Crippen LogP contribution in [0.2, 0.25) is 0 Å². The average Bonchev–Trinajstić information content (AvgIpc) is 2.19. The summed E-state index contributed by atoms with van der Waals surface area (Å²) >= 11 is 3.21. The molecular formula is C9H7BrN2O. The summed E-state index contributed by atoms with van der Waals surface area (Å²) in [6.07, 6.45) is 1.71. The predicted octanol–water partition coefficient (Wildman–Crippen LogP) is 1.76. The Balaban J connectivity index is 2.79. The van der Waals surface area contributed by atoms with Crippen molar-refractivity contribution in [1.82, 2.24) is 4.98 Å². The van der Waals surface area contributed by atoms with Crippen molar-refractivity contribution in [1.29, 1.82) is 0 Å². The van der Waals surface area contributed by atoms with Crippen LogP contribution in [0.5, 0.6) is 0 Å². The van der Waals surface area contributed by atoms with Crippen molar-refractivity contribution in [2.24, 2.45) is 0 Å². The fourth-order valence-corrected chi connectivity index (χ4v) is 1.58. The molecule has 1 aromatic heterocycles. The van der Waals surface area contributed by atoms with E-state index in [1.54, 1.807) is 12.3 Å². The number of para-hydroxylation sites is 1. The Morgan fingerprint density at radius 1 is 1.38 bits per heavy atom. The highest BCUT2D eigenvalue weighted by Gasteiger charge is 2.08. The maximum Gasteiger partial charge on any atom is 0.312 e. The van der Waals surface area contributed by atoms with E-state index in [2.05, 4.69) is 20.9 Å². The van der Waals surface area contributed by atoms with Gasteiger partial charge in [-0.05, 0) is 12.1 Å². The van der Waals surface area contributed by atoms with Crippen molar-refractivity contribution < 1.29 is 4.73 Å². The van der Waals surface area contributed by atoms with E-state index in [1.165, 1.54) is 0 Å². The van der Waals surface area contributed by atoms with Crippen LogP contribution in [0.15, 0.2) is 30.5 Å². The number of aromatic nitrogens is 2. The van der Waals surface area contributed by atoms with Gasteiger partial charge in [0.1, 0.15) is 10.8 Å². The predicted molar refractivity (Wildman–Crippen MR) is 53.3 cm³/mol. The molecular weight excluding hydrogens is 232 g/mol. The Morgan fingerprint density at radius 2 is 2.15 bits per heavy atom. The van der Waals surface area contributed by atoms with E-state index in [0.717, 1.165) is 10.1 Å². The highest BCUT2D eigenvalue weighted by molar-refractivity contribution is 9.08. The van der Waals surface area contributed by atoms with Crippen molar-refractivity contribution in [3.63, 3.8) is 0 Å². The molecule has 0 aliphatic carbocycles. The van der Waals surface area contributed by atoms with Gasteiger partial charge >= 0.3 is 5.82 Å². The van der Waals surface area contributed by atoms with Gasteiger partial charge in [-0.15, -0.1) is 0 Å². The highest BCUT2D eigenvalue weighted by atomic mass is 79.9. The monoisotopic (exact) mass is 238 g/mol. The lowest BCUT2D eigenvalue weighted by Crippen LogP contribution is -2.33. The van der Waals surface area contributed by atoms with Crippen LogP contribution in [0.4, 0.5) is 0 Å². The normalized spacial score (nSPS) is 10.5. The molecule has 1 aromatic carbocycles. The molecule has 0 saturated carbocycles. The van der Waals surface area contributed by atoms with Gasteiger partial charge in [0.25, 0.3) is 0 Å². The van der Waals surface area contributed by atoms with Crippen molar-refractivity contribution in [2.45, 2.75) is 5.33 Å². The van der Waals surface area contributed by atoms with E-state index in [9.17, 15) is 5.21 Å². The quantitative estimate of drug-likeness (QED) is 0.432. The molecule has 0 fully saturated rings. The van der Waals surface area contributed by atoms with Gasteiger partial charge in [-0.3, -0.25) is 0 Å². The molecule has 0 aliphatic rings. The molecule has 0 saturated heterocycles. The zero-order valence-corrected chi connectivity index (χ0v) is 8.36. The SMILES string of the molecule is [O-][n+]1c(CBr)ncc2ccccc21. The van der Waals surface area contributed by atoms with Crippen molar-refractivity contribution in [3.05, 3.63) is 41.5 Å². The van der Waals surface area contributed by atoms with Crippen LogP contribution in [0.3, 0.4) is 0 Å². The number of nitrogens with zero attached hydrogens (tertiary/aromatic N) is 2. The number of hydrogen-bond donors (Lipinski definition) is 0. The van der Waals surface area contributed by atoms with Crippen LogP contribution in [0, 0.1) is 5.21 Å². The molecule has 0 amide bonds. The van der Waals surface area contributed by atoms with Gasteiger partial charge in [0.15, 0.2) is 6.20 Å². The topological polar surface area (TPSA) is 39.8 Å². The molecule has 0 N–H and O–H groups in total. The minimum Gasteiger partial charge on any atom is -0.710 e. The standard InChI is InChI=1S/C9H7BrN2O/c10-5-9-11-6-7-3-1-2-4-8(7)12(9)13/h1-4,6H,5H2. The largest absolute Gasteiger partial charge is 0.710 e. The Hall–Kier alpha value is -1.16. The molecule has 0 atom stereocenters. The van der Waals surface area contributed by atoms with E-state index in [4.69, 9.17) is 0 Å². The zero-order valence-electron chi connectivity index (χ0n) is 6.77. The van der Waals surface area contributed by atoms with Crippen molar-refractivity contribution in [3.8, 4) is 0 Å². The lowest BCUT2D eigenvalue weighted by atomic mass is 10.2. The summed E-state index contributed by atoms with van der Waals surface area (Å²) < 4.78 is 0.851. The second-order valence-electron chi connectivity index (χ2n) is 2.66. The number of hydrogen-bond acceptors (Lipinski definition) is 2. The molecule has 1 heterocycles. The number of alkyl halides is 1. The van der Waals surface area contributed by atoms with Crippen LogP contribution in [0.25, 0.3) is 10.9 Å². The molecule has 4 heteroatoms. The van der Waals surface area contributed by atoms with Crippen LogP contribution in [-0.4, -0.2) is 4.98 Å². The molecule has 0 aliphatic heterocycles. The summed E-state index contributed by atoms with van der Waals surface area (Å²) in [6.45, 7) is 0.